The van der Waals surface area contributed by atoms with Gasteiger partial charge in [-0.2, -0.15) is 0 Å². The first kappa shape index (κ1) is 14.6. The van der Waals surface area contributed by atoms with Crippen molar-refractivity contribution in [1.29, 1.82) is 0 Å². The van der Waals surface area contributed by atoms with E-state index in [1.807, 2.05) is 6.07 Å². The van der Waals surface area contributed by atoms with Gasteiger partial charge in [0.1, 0.15) is 6.04 Å². The summed E-state index contributed by atoms with van der Waals surface area (Å²) in [6.45, 7) is 3.07. The molecule has 0 amide bonds. The van der Waals surface area contributed by atoms with Crippen molar-refractivity contribution < 1.29 is 9.90 Å². The third kappa shape index (κ3) is 2.98. The molecule has 0 saturated heterocycles. The van der Waals surface area contributed by atoms with Gasteiger partial charge in [-0.15, -0.1) is 0 Å². The molecule has 3 rings (SSSR count). The van der Waals surface area contributed by atoms with Gasteiger partial charge in [-0.3, -0.25) is 9.69 Å². The minimum atomic E-state index is -0.665. The summed E-state index contributed by atoms with van der Waals surface area (Å²) in [6, 6.07) is 8.41. The molecule has 114 valence electrons. The van der Waals surface area contributed by atoms with Crippen LogP contribution in [0.15, 0.2) is 24.3 Å². The molecule has 0 bridgehead atoms. The van der Waals surface area contributed by atoms with Crippen LogP contribution in [0.25, 0.3) is 0 Å². The van der Waals surface area contributed by atoms with Gasteiger partial charge in [0.05, 0.1) is 0 Å². The second kappa shape index (κ2) is 6.18. The van der Waals surface area contributed by atoms with Gasteiger partial charge in [0.15, 0.2) is 0 Å². The Labute approximate surface area is 127 Å². The lowest BCUT2D eigenvalue weighted by atomic mass is 9.82. The Morgan fingerprint density at radius 3 is 2.48 bits per heavy atom. The molecular formula is C18H25NO2. The highest BCUT2D eigenvalue weighted by molar-refractivity contribution is 5.74. The van der Waals surface area contributed by atoms with Crippen LogP contribution in [0.5, 0.6) is 0 Å². The fourth-order valence-electron chi connectivity index (χ4n) is 4.04. The van der Waals surface area contributed by atoms with Crippen LogP contribution in [-0.4, -0.2) is 28.1 Å². The Morgan fingerprint density at radius 1 is 1.19 bits per heavy atom. The average Bonchev–Trinajstić information content (AvgIpc) is 2.53. The summed E-state index contributed by atoms with van der Waals surface area (Å²) in [5.41, 5.74) is 2.52. The topological polar surface area (TPSA) is 40.5 Å². The van der Waals surface area contributed by atoms with E-state index in [1.54, 1.807) is 0 Å². The van der Waals surface area contributed by atoms with Gasteiger partial charge in [0.25, 0.3) is 0 Å². The highest BCUT2D eigenvalue weighted by Crippen LogP contribution is 2.34. The van der Waals surface area contributed by atoms with E-state index in [0.29, 0.717) is 12.5 Å². The molecule has 1 N–H and O–H groups in total. The molecule has 1 unspecified atom stereocenters. The highest BCUT2D eigenvalue weighted by atomic mass is 16.4. The van der Waals surface area contributed by atoms with Gasteiger partial charge in [-0.1, -0.05) is 37.6 Å². The molecule has 1 atom stereocenters. The Morgan fingerprint density at radius 2 is 1.86 bits per heavy atom. The van der Waals surface area contributed by atoms with Crippen molar-refractivity contribution in [2.75, 3.05) is 0 Å². The maximum Gasteiger partial charge on any atom is 0.321 e. The average molecular weight is 287 g/mol. The van der Waals surface area contributed by atoms with Gasteiger partial charge in [-0.05, 0) is 49.1 Å². The van der Waals surface area contributed by atoms with Crippen molar-refractivity contribution in [2.24, 2.45) is 5.92 Å². The van der Waals surface area contributed by atoms with Gasteiger partial charge >= 0.3 is 5.97 Å². The smallest absolute Gasteiger partial charge is 0.321 e. The lowest BCUT2D eigenvalue weighted by molar-refractivity contribution is -0.145. The number of aliphatic carboxylic acids is 1. The summed E-state index contributed by atoms with van der Waals surface area (Å²) in [7, 11) is 0. The Hall–Kier alpha value is -1.35. The number of hydrogen-bond acceptors (Lipinski definition) is 2. The Balaban J connectivity index is 1.78. The first-order chi connectivity index (χ1) is 10.2. The van der Waals surface area contributed by atoms with Crippen LogP contribution in [-0.2, 0) is 17.8 Å². The van der Waals surface area contributed by atoms with Crippen molar-refractivity contribution in [2.45, 2.75) is 64.1 Å². The third-order valence-corrected chi connectivity index (χ3v) is 5.43. The largest absolute Gasteiger partial charge is 0.480 e. The number of nitrogens with zero attached hydrogens (tertiary/aromatic N) is 1. The zero-order valence-electron chi connectivity index (χ0n) is 12.8. The molecule has 1 aliphatic heterocycles. The molecule has 1 heterocycles. The molecule has 0 spiro atoms. The molecule has 0 radical (unpaired) electrons. The van der Waals surface area contributed by atoms with Crippen molar-refractivity contribution in [1.82, 2.24) is 4.90 Å². The molecule has 21 heavy (non-hydrogen) atoms. The van der Waals surface area contributed by atoms with E-state index in [1.165, 1.54) is 30.4 Å². The van der Waals surface area contributed by atoms with Gasteiger partial charge < -0.3 is 5.11 Å². The standard InChI is InChI=1S/C18H25NO2/c1-2-13-7-9-16(10-8-13)19-12-15-6-4-3-5-14(15)11-17(19)18(20)21/h3-6,13,16-17H,2,7-12H2,1H3,(H,20,21). The fraction of sp³-hybridized carbons (Fsp3) is 0.611. The van der Waals surface area contributed by atoms with Crippen molar-refractivity contribution in [3.05, 3.63) is 35.4 Å². The summed E-state index contributed by atoms with van der Waals surface area (Å²) in [5, 5.41) is 9.62. The van der Waals surface area contributed by atoms with Crippen LogP contribution < -0.4 is 0 Å². The Bertz CT molecular complexity index is 506. The summed E-state index contributed by atoms with van der Waals surface area (Å²) in [4.78, 5) is 14.0. The van der Waals surface area contributed by atoms with Crippen LogP contribution in [0.3, 0.4) is 0 Å². The minimum Gasteiger partial charge on any atom is -0.480 e. The molecule has 1 saturated carbocycles. The SMILES string of the molecule is CCC1CCC(N2Cc3ccccc3CC2C(=O)O)CC1. The second-order valence-corrected chi connectivity index (χ2v) is 6.58. The summed E-state index contributed by atoms with van der Waals surface area (Å²) in [6.07, 6.45) is 6.74. The van der Waals surface area contributed by atoms with E-state index in [9.17, 15) is 9.90 Å². The van der Waals surface area contributed by atoms with E-state index in [4.69, 9.17) is 0 Å². The number of carboxylic acids is 1. The Kier molecular flexibility index (Phi) is 4.29. The van der Waals surface area contributed by atoms with Crippen molar-refractivity contribution in [3.63, 3.8) is 0 Å². The van der Waals surface area contributed by atoms with Crippen molar-refractivity contribution >= 4 is 5.97 Å². The zero-order valence-corrected chi connectivity index (χ0v) is 12.8. The maximum absolute atomic E-state index is 11.7. The van der Waals surface area contributed by atoms with Crippen molar-refractivity contribution in [3.8, 4) is 0 Å². The van der Waals surface area contributed by atoms with E-state index in [-0.39, 0.29) is 6.04 Å². The first-order valence-corrected chi connectivity index (χ1v) is 8.24. The van der Waals surface area contributed by atoms with Gasteiger partial charge in [-0.25, -0.2) is 0 Å². The van der Waals surface area contributed by atoms with Gasteiger partial charge in [0, 0.05) is 12.6 Å². The van der Waals surface area contributed by atoms with Crippen LogP contribution in [0.2, 0.25) is 0 Å². The third-order valence-electron chi connectivity index (χ3n) is 5.43. The number of hydrogen-bond donors (Lipinski definition) is 1. The van der Waals surface area contributed by atoms with Crippen LogP contribution in [0.4, 0.5) is 0 Å². The number of fused-ring (bicyclic) bond motifs is 1. The zero-order chi connectivity index (χ0) is 14.8. The molecule has 1 aliphatic carbocycles. The van der Waals surface area contributed by atoms with E-state index in [0.717, 1.165) is 25.3 Å². The number of carboxylic acid groups (broad SMARTS) is 1. The van der Waals surface area contributed by atoms with E-state index >= 15 is 0 Å². The number of carbonyl (C=O) groups is 1. The van der Waals surface area contributed by atoms with E-state index in [2.05, 4.69) is 30.0 Å². The molecule has 0 aromatic heterocycles. The lowest BCUT2D eigenvalue weighted by Crippen LogP contribution is -2.51. The van der Waals surface area contributed by atoms with Crippen LogP contribution in [0, 0.1) is 5.92 Å². The number of rotatable bonds is 3. The predicted molar refractivity (Wildman–Crippen MR) is 83.1 cm³/mol. The molecule has 1 aromatic carbocycles. The second-order valence-electron chi connectivity index (χ2n) is 6.58. The predicted octanol–water partition coefficient (Wildman–Crippen LogP) is 3.47. The number of benzene rings is 1. The summed E-state index contributed by atoms with van der Waals surface area (Å²) >= 11 is 0. The van der Waals surface area contributed by atoms with Crippen LogP contribution in [0.1, 0.15) is 50.2 Å². The molecule has 1 aromatic rings. The summed E-state index contributed by atoms with van der Waals surface area (Å²) < 4.78 is 0. The quantitative estimate of drug-likeness (QED) is 0.925. The molecular weight excluding hydrogens is 262 g/mol. The maximum atomic E-state index is 11.7. The normalized spacial score (nSPS) is 29.9. The van der Waals surface area contributed by atoms with Gasteiger partial charge in [0.2, 0.25) is 0 Å². The van der Waals surface area contributed by atoms with Crippen LogP contribution >= 0.6 is 0 Å². The first-order valence-electron chi connectivity index (χ1n) is 8.24. The molecule has 1 fully saturated rings. The lowest BCUT2D eigenvalue weighted by Gasteiger charge is -2.42. The molecule has 3 nitrogen and oxygen atoms in total. The molecule has 2 aliphatic rings. The fourth-order valence-corrected chi connectivity index (χ4v) is 4.04. The monoisotopic (exact) mass is 287 g/mol. The highest BCUT2D eigenvalue weighted by Gasteiger charge is 2.36. The van der Waals surface area contributed by atoms with E-state index < -0.39 is 5.97 Å². The summed E-state index contributed by atoms with van der Waals surface area (Å²) in [5.74, 6) is 0.184. The minimum absolute atomic E-state index is 0.344. The molecule has 3 heteroatoms.